The third-order valence-electron chi connectivity index (χ3n) is 7.56. The molecule has 0 bridgehead atoms. The molecule has 2 aromatic heterocycles. The molecule has 2 amide bonds. The normalized spacial score (nSPS) is 14.2. The first kappa shape index (κ1) is 31.8. The predicted molar refractivity (Wildman–Crippen MR) is 177 cm³/mol. The van der Waals surface area contributed by atoms with Crippen LogP contribution in [0.3, 0.4) is 0 Å². The zero-order valence-corrected chi connectivity index (χ0v) is 26.5. The maximum absolute atomic E-state index is 13.7. The Kier molecular flexibility index (Phi) is 9.78. The molecule has 238 valence electrons. The molecule has 3 aromatic carbocycles. The monoisotopic (exact) mass is 669 g/mol. The van der Waals surface area contributed by atoms with Crippen LogP contribution in [0.2, 0.25) is 0 Å². The summed E-state index contributed by atoms with van der Waals surface area (Å²) in [5, 5.41) is 31.1. The molecule has 1 aliphatic rings. The number of hydrogen-bond donors (Lipinski definition) is 1. The second kappa shape index (κ2) is 14.5. The second-order valence-electron chi connectivity index (χ2n) is 10.6. The highest BCUT2D eigenvalue weighted by Gasteiger charge is 2.33. The molecule has 14 heteroatoms. The Bertz CT molecular complexity index is 1900. The number of rotatable bonds is 12. The van der Waals surface area contributed by atoms with E-state index < -0.39 is 10.8 Å². The first-order valence-corrected chi connectivity index (χ1v) is 16.5. The highest BCUT2D eigenvalue weighted by molar-refractivity contribution is 7.99. The van der Waals surface area contributed by atoms with Gasteiger partial charge in [0, 0.05) is 30.7 Å². The van der Waals surface area contributed by atoms with Gasteiger partial charge in [0.1, 0.15) is 5.82 Å². The molecule has 0 radical (unpaired) electrons. The van der Waals surface area contributed by atoms with Gasteiger partial charge in [0.2, 0.25) is 0 Å². The number of carbonyl (C=O) groups excluding carboxylic acids is 2. The van der Waals surface area contributed by atoms with Gasteiger partial charge in [0.05, 0.1) is 33.9 Å². The van der Waals surface area contributed by atoms with Crippen molar-refractivity contribution in [3.05, 3.63) is 140 Å². The molecular weight excluding hydrogens is 642 g/mol. The molecule has 3 heterocycles. The quantitative estimate of drug-likeness (QED) is 0.0974. The van der Waals surface area contributed by atoms with Crippen LogP contribution < -0.4 is 5.32 Å². The molecular formula is C33H28FN7O4S2. The van der Waals surface area contributed by atoms with Crippen molar-refractivity contribution in [1.82, 2.24) is 25.1 Å². The fourth-order valence-corrected chi connectivity index (χ4v) is 6.69. The summed E-state index contributed by atoms with van der Waals surface area (Å²) in [7, 11) is 0. The lowest BCUT2D eigenvalue weighted by atomic mass is 10.0. The summed E-state index contributed by atoms with van der Waals surface area (Å²) in [5.41, 5.74) is 2.85. The average Bonchev–Trinajstić information content (AvgIpc) is 3.86. The van der Waals surface area contributed by atoms with E-state index in [9.17, 15) is 24.1 Å². The molecule has 1 atom stereocenters. The number of thioether (sulfide) groups is 1. The van der Waals surface area contributed by atoms with Gasteiger partial charge in [-0.25, -0.2) is 9.40 Å². The number of amides is 2. The number of thiophene rings is 1. The SMILES string of the molecule is O=C(NCc1nnc(SCC(=O)N2N=C(c3cccs3)CC2c2ccc(F)cc2)n1CCc1ccccc1)c1ccc([N+](=O)[O-])cc1. The van der Waals surface area contributed by atoms with Crippen LogP contribution in [0.1, 0.15) is 44.6 Å². The number of aromatic nitrogens is 3. The third kappa shape index (κ3) is 7.61. The number of halogens is 1. The van der Waals surface area contributed by atoms with Gasteiger partial charge in [-0.15, -0.1) is 21.5 Å². The van der Waals surface area contributed by atoms with Gasteiger partial charge in [-0.05, 0) is 53.3 Å². The maximum Gasteiger partial charge on any atom is 0.269 e. The van der Waals surface area contributed by atoms with Gasteiger partial charge < -0.3 is 9.88 Å². The minimum atomic E-state index is -0.525. The minimum Gasteiger partial charge on any atom is -0.345 e. The van der Waals surface area contributed by atoms with Crippen LogP contribution in [-0.2, 0) is 24.3 Å². The largest absolute Gasteiger partial charge is 0.345 e. The molecule has 5 aromatic rings. The lowest BCUT2D eigenvalue weighted by Crippen LogP contribution is -2.28. The highest BCUT2D eigenvalue weighted by atomic mass is 32.2. The van der Waals surface area contributed by atoms with Crippen LogP contribution in [0.4, 0.5) is 10.1 Å². The number of benzene rings is 3. The number of hydrogen-bond acceptors (Lipinski definition) is 9. The standard InChI is InChI=1S/C33H28FN7O4S2/c34-25-12-8-23(9-13-25)28-19-27(29-7-4-18-46-29)38-40(28)31(42)21-47-33-37-36-30(39(33)17-16-22-5-2-1-3-6-22)20-35-32(43)24-10-14-26(15-11-24)41(44)45/h1-15,18,28H,16-17,19-21H2,(H,35,43). The van der Waals surface area contributed by atoms with Gasteiger partial charge in [-0.3, -0.25) is 19.7 Å². The third-order valence-corrected chi connectivity index (χ3v) is 9.43. The lowest BCUT2D eigenvalue weighted by Gasteiger charge is -2.22. The molecule has 47 heavy (non-hydrogen) atoms. The van der Waals surface area contributed by atoms with Crippen molar-refractivity contribution in [1.29, 1.82) is 0 Å². The summed E-state index contributed by atoms with van der Waals surface area (Å²) in [6.45, 7) is 0.554. The fraction of sp³-hybridized carbons (Fsp3) is 0.182. The van der Waals surface area contributed by atoms with E-state index in [2.05, 4.69) is 15.5 Å². The van der Waals surface area contributed by atoms with Gasteiger partial charge in [-0.1, -0.05) is 60.3 Å². The first-order chi connectivity index (χ1) is 22.9. The summed E-state index contributed by atoms with van der Waals surface area (Å²) < 4.78 is 15.6. The zero-order valence-electron chi connectivity index (χ0n) is 24.9. The molecule has 6 rings (SSSR count). The number of nitro groups is 1. The number of nitro benzene ring substituents is 1. The smallest absolute Gasteiger partial charge is 0.269 e. The summed E-state index contributed by atoms with van der Waals surface area (Å²) in [5.74, 6) is -0.482. The molecule has 1 aliphatic heterocycles. The first-order valence-electron chi connectivity index (χ1n) is 14.7. The average molecular weight is 670 g/mol. The van der Waals surface area contributed by atoms with Crippen molar-refractivity contribution in [3.8, 4) is 0 Å². The molecule has 0 fully saturated rings. The van der Waals surface area contributed by atoms with Crippen molar-refractivity contribution in [2.24, 2.45) is 5.10 Å². The molecule has 1 unspecified atom stereocenters. The Morgan fingerprint density at radius 3 is 2.47 bits per heavy atom. The fourth-order valence-electron chi connectivity index (χ4n) is 5.13. The number of aryl methyl sites for hydroxylation is 1. The molecule has 0 saturated carbocycles. The van der Waals surface area contributed by atoms with Crippen LogP contribution in [0.15, 0.2) is 107 Å². The number of nitrogens with zero attached hydrogens (tertiary/aromatic N) is 6. The van der Waals surface area contributed by atoms with Crippen LogP contribution in [0.5, 0.6) is 0 Å². The van der Waals surface area contributed by atoms with E-state index in [0.29, 0.717) is 30.4 Å². The highest BCUT2D eigenvalue weighted by Crippen LogP contribution is 2.35. The van der Waals surface area contributed by atoms with E-state index >= 15 is 0 Å². The number of carbonyl (C=O) groups is 2. The van der Waals surface area contributed by atoms with Crippen molar-refractivity contribution in [2.75, 3.05) is 5.75 Å². The van der Waals surface area contributed by atoms with Gasteiger partial charge >= 0.3 is 0 Å². The molecule has 0 spiro atoms. The van der Waals surface area contributed by atoms with E-state index in [0.717, 1.165) is 21.7 Å². The Morgan fingerprint density at radius 2 is 1.77 bits per heavy atom. The van der Waals surface area contributed by atoms with Crippen molar-refractivity contribution in [3.63, 3.8) is 0 Å². The van der Waals surface area contributed by atoms with E-state index in [4.69, 9.17) is 5.10 Å². The molecule has 11 nitrogen and oxygen atoms in total. The Labute approximate surface area is 277 Å². The van der Waals surface area contributed by atoms with Crippen LogP contribution in [0, 0.1) is 15.9 Å². The van der Waals surface area contributed by atoms with E-state index in [1.54, 1.807) is 23.5 Å². The number of hydrazone groups is 1. The Morgan fingerprint density at radius 1 is 1.00 bits per heavy atom. The second-order valence-corrected chi connectivity index (χ2v) is 12.5. The molecule has 0 saturated heterocycles. The summed E-state index contributed by atoms with van der Waals surface area (Å²) >= 11 is 2.77. The minimum absolute atomic E-state index is 0.0253. The van der Waals surface area contributed by atoms with E-state index in [-0.39, 0.29) is 41.3 Å². The van der Waals surface area contributed by atoms with E-state index in [1.165, 1.54) is 53.2 Å². The molecule has 0 aliphatic carbocycles. The van der Waals surface area contributed by atoms with Crippen LogP contribution >= 0.6 is 23.1 Å². The Balaban J connectivity index is 1.18. The van der Waals surface area contributed by atoms with Crippen LogP contribution in [-0.4, -0.2) is 48.0 Å². The Hall–Kier alpha value is -5.21. The summed E-state index contributed by atoms with van der Waals surface area (Å²) in [6.07, 6.45) is 1.17. The van der Waals surface area contributed by atoms with Crippen LogP contribution in [0.25, 0.3) is 0 Å². The maximum atomic E-state index is 13.7. The van der Waals surface area contributed by atoms with Gasteiger partial charge in [0.15, 0.2) is 11.0 Å². The van der Waals surface area contributed by atoms with Gasteiger partial charge in [0.25, 0.3) is 17.5 Å². The van der Waals surface area contributed by atoms with E-state index in [1.807, 2.05) is 52.4 Å². The number of nitrogens with one attached hydrogen (secondary N) is 1. The molecule has 1 N–H and O–H groups in total. The zero-order chi connectivity index (χ0) is 32.8. The number of non-ortho nitro benzene ring substituents is 1. The predicted octanol–water partition coefficient (Wildman–Crippen LogP) is 6.03. The lowest BCUT2D eigenvalue weighted by molar-refractivity contribution is -0.384. The van der Waals surface area contributed by atoms with Crippen molar-refractivity contribution in [2.45, 2.75) is 37.1 Å². The summed E-state index contributed by atoms with van der Waals surface area (Å²) in [6, 6.07) is 24.9. The van der Waals surface area contributed by atoms with Crippen molar-refractivity contribution >= 4 is 46.3 Å². The van der Waals surface area contributed by atoms with Crippen molar-refractivity contribution < 1.29 is 18.9 Å². The van der Waals surface area contributed by atoms with Gasteiger partial charge in [-0.2, -0.15) is 5.10 Å². The topological polar surface area (TPSA) is 136 Å². The summed E-state index contributed by atoms with van der Waals surface area (Å²) in [4.78, 5) is 37.9.